The largest absolute Gasteiger partial charge is 0.507 e. The number of carbonyl (C=O) groups excluding carboxylic acids is 2. The molecule has 1 unspecified atom stereocenters. The molecular formula is C25H22ClNO6. The molecule has 170 valence electrons. The quantitative estimate of drug-likeness (QED) is 0.315. The molecule has 4 rings (SSSR count). The maximum absolute atomic E-state index is 13.2. The molecule has 0 saturated carbocycles. The number of carbonyl (C=O) groups is 2. The number of ether oxygens (including phenoxy) is 2. The van der Waals surface area contributed by atoms with Crippen molar-refractivity contribution < 1.29 is 28.6 Å². The van der Waals surface area contributed by atoms with Crippen LogP contribution in [0.15, 0.2) is 58.5 Å². The van der Waals surface area contributed by atoms with E-state index in [9.17, 15) is 14.7 Å². The number of rotatable bonds is 5. The summed E-state index contributed by atoms with van der Waals surface area (Å²) < 4.78 is 16.4. The van der Waals surface area contributed by atoms with Crippen LogP contribution in [-0.4, -0.2) is 31.0 Å². The zero-order valence-corrected chi connectivity index (χ0v) is 19.3. The predicted octanol–water partition coefficient (Wildman–Crippen LogP) is 5.19. The van der Waals surface area contributed by atoms with Gasteiger partial charge in [0.15, 0.2) is 11.5 Å². The van der Waals surface area contributed by atoms with E-state index in [1.165, 1.54) is 25.2 Å². The molecule has 33 heavy (non-hydrogen) atoms. The van der Waals surface area contributed by atoms with E-state index in [0.717, 1.165) is 5.56 Å². The van der Waals surface area contributed by atoms with E-state index in [2.05, 4.69) is 0 Å². The Bertz CT molecular complexity index is 1290. The number of furan rings is 1. The van der Waals surface area contributed by atoms with Crippen LogP contribution < -0.4 is 14.4 Å². The van der Waals surface area contributed by atoms with Crippen molar-refractivity contribution in [2.24, 2.45) is 0 Å². The van der Waals surface area contributed by atoms with E-state index in [-0.39, 0.29) is 11.3 Å². The van der Waals surface area contributed by atoms with Gasteiger partial charge in [0, 0.05) is 16.3 Å². The van der Waals surface area contributed by atoms with Crippen LogP contribution in [-0.2, 0) is 9.59 Å². The molecule has 1 atom stereocenters. The molecule has 1 aliphatic heterocycles. The highest BCUT2D eigenvalue weighted by Gasteiger charge is 2.48. The molecule has 1 amide bonds. The monoisotopic (exact) mass is 467 g/mol. The van der Waals surface area contributed by atoms with Gasteiger partial charge < -0.3 is 19.0 Å². The molecular weight excluding hydrogens is 446 g/mol. The first-order valence-corrected chi connectivity index (χ1v) is 10.5. The number of amides is 1. The van der Waals surface area contributed by atoms with Crippen molar-refractivity contribution in [1.82, 2.24) is 0 Å². The van der Waals surface area contributed by atoms with Crippen LogP contribution in [0.4, 0.5) is 5.69 Å². The number of ketones is 1. The number of Topliss-reactive ketones (excluding diaryl/α,β-unsaturated/α-hetero) is 1. The third kappa shape index (κ3) is 3.85. The summed E-state index contributed by atoms with van der Waals surface area (Å²) >= 11 is 6.30. The lowest BCUT2D eigenvalue weighted by Crippen LogP contribution is -2.29. The number of aryl methyl sites for hydroxylation is 2. The van der Waals surface area contributed by atoms with Gasteiger partial charge in [-0.2, -0.15) is 0 Å². The summed E-state index contributed by atoms with van der Waals surface area (Å²) in [6, 6.07) is 12.2. The van der Waals surface area contributed by atoms with Gasteiger partial charge in [0.1, 0.15) is 23.3 Å². The highest BCUT2D eigenvalue weighted by molar-refractivity contribution is 6.51. The van der Waals surface area contributed by atoms with Gasteiger partial charge in [-0.25, -0.2) is 0 Å². The Hall–Kier alpha value is -3.71. The second-order valence-corrected chi connectivity index (χ2v) is 8.03. The lowest BCUT2D eigenvalue weighted by molar-refractivity contribution is -0.132. The Labute approximate surface area is 195 Å². The minimum absolute atomic E-state index is 0.0988. The third-order valence-corrected chi connectivity index (χ3v) is 5.97. The molecule has 7 nitrogen and oxygen atoms in total. The Morgan fingerprint density at radius 2 is 1.73 bits per heavy atom. The van der Waals surface area contributed by atoms with Crippen molar-refractivity contribution >= 4 is 34.7 Å². The first-order valence-electron chi connectivity index (χ1n) is 10.1. The van der Waals surface area contributed by atoms with Crippen LogP contribution in [0, 0.1) is 13.8 Å². The topological polar surface area (TPSA) is 89.2 Å². The number of hydrogen-bond acceptors (Lipinski definition) is 6. The average Bonchev–Trinajstić information content (AvgIpc) is 3.35. The van der Waals surface area contributed by atoms with Crippen LogP contribution >= 0.6 is 11.6 Å². The molecule has 1 fully saturated rings. The van der Waals surface area contributed by atoms with E-state index in [1.54, 1.807) is 49.4 Å². The lowest BCUT2D eigenvalue weighted by atomic mass is 9.99. The molecule has 1 saturated heterocycles. The zero-order chi connectivity index (χ0) is 23.9. The standard InChI is InChI=1S/C25H22ClNO6/c1-13-5-8-16(12-17(13)26)27-22(19-9-6-14(2)33-19)21(24(29)25(27)30)23(28)15-7-10-18(31-3)20(11-15)32-4/h5-12,22,28H,1-4H3/b23-21-. The van der Waals surface area contributed by atoms with Gasteiger partial charge in [-0.15, -0.1) is 0 Å². The van der Waals surface area contributed by atoms with Crippen molar-refractivity contribution in [3.8, 4) is 11.5 Å². The molecule has 0 radical (unpaired) electrons. The number of benzene rings is 2. The molecule has 1 aliphatic rings. The van der Waals surface area contributed by atoms with Crippen molar-refractivity contribution in [1.29, 1.82) is 0 Å². The van der Waals surface area contributed by atoms with Crippen LogP contribution in [0.25, 0.3) is 5.76 Å². The lowest BCUT2D eigenvalue weighted by Gasteiger charge is -2.24. The average molecular weight is 468 g/mol. The Balaban J connectivity index is 1.93. The maximum atomic E-state index is 13.2. The summed E-state index contributed by atoms with van der Waals surface area (Å²) in [6.45, 7) is 3.59. The molecule has 0 aliphatic carbocycles. The fraction of sp³-hybridized carbons (Fsp3) is 0.200. The second-order valence-electron chi connectivity index (χ2n) is 7.62. The van der Waals surface area contributed by atoms with E-state index in [0.29, 0.717) is 39.3 Å². The number of aliphatic hydroxyl groups excluding tert-OH is 1. The Kier molecular flexibility index (Phi) is 5.91. The highest BCUT2D eigenvalue weighted by atomic mass is 35.5. The van der Waals surface area contributed by atoms with Crippen molar-refractivity contribution in [2.45, 2.75) is 19.9 Å². The zero-order valence-electron chi connectivity index (χ0n) is 18.5. The number of aliphatic hydroxyl groups is 1. The van der Waals surface area contributed by atoms with Crippen LogP contribution in [0.2, 0.25) is 5.02 Å². The molecule has 2 heterocycles. The van der Waals surface area contributed by atoms with Crippen molar-refractivity contribution in [2.75, 3.05) is 19.1 Å². The first-order chi connectivity index (χ1) is 15.8. The van der Waals surface area contributed by atoms with Gasteiger partial charge in [-0.3, -0.25) is 14.5 Å². The number of methoxy groups -OCH3 is 2. The minimum atomic E-state index is -0.981. The van der Waals surface area contributed by atoms with E-state index in [1.807, 2.05) is 6.92 Å². The second kappa shape index (κ2) is 8.67. The first kappa shape index (κ1) is 22.5. The summed E-state index contributed by atoms with van der Waals surface area (Å²) in [6.07, 6.45) is 0. The fourth-order valence-electron chi connectivity index (χ4n) is 3.84. The molecule has 0 spiro atoms. The van der Waals surface area contributed by atoms with Gasteiger partial charge in [0.25, 0.3) is 11.7 Å². The van der Waals surface area contributed by atoms with Crippen LogP contribution in [0.3, 0.4) is 0 Å². The summed E-state index contributed by atoms with van der Waals surface area (Å²) in [4.78, 5) is 27.6. The molecule has 1 N–H and O–H groups in total. The summed E-state index contributed by atoms with van der Waals surface area (Å²) in [5, 5.41) is 11.7. The van der Waals surface area contributed by atoms with Gasteiger partial charge >= 0.3 is 0 Å². The maximum Gasteiger partial charge on any atom is 0.300 e. The van der Waals surface area contributed by atoms with Gasteiger partial charge in [0.05, 0.1) is 19.8 Å². The predicted molar refractivity (Wildman–Crippen MR) is 124 cm³/mol. The smallest absolute Gasteiger partial charge is 0.300 e. The molecule has 8 heteroatoms. The van der Waals surface area contributed by atoms with E-state index < -0.39 is 17.7 Å². The van der Waals surface area contributed by atoms with Gasteiger partial charge in [-0.1, -0.05) is 17.7 Å². The van der Waals surface area contributed by atoms with Gasteiger partial charge in [0.2, 0.25) is 0 Å². The van der Waals surface area contributed by atoms with Crippen molar-refractivity contribution in [3.05, 3.63) is 81.8 Å². The number of hydrogen-bond donors (Lipinski definition) is 1. The number of anilines is 1. The van der Waals surface area contributed by atoms with E-state index in [4.69, 9.17) is 25.5 Å². The Morgan fingerprint density at radius 3 is 2.33 bits per heavy atom. The normalized spacial score (nSPS) is 17.5. The van der Waals surface area contributed by atoms with E-state index >= 15 is 0 Å². The summed E-state index contributed by atoms with van der Waals surface area (Å²) in [7, 11) is 2.96. The molecule has 3 aromatic rings. The number of nitrogens with zero attached hydrogens (tertiary/aromatic N) is 1. The van der Waals surface area contributed by atoms with Crippen LogP contribution in [0.1, 0.15) is 28.7 Å². The molecule has 1 aromatic heterocycles. The summed E-state index contributed by atoms with van der Waals surface area (Å²) in [5.74, 6) is -0.217. The molecule has 0 bridgehead atoms. The SMILES string of the molecule is COc1ccc(/C(O)=C2/C(=O)C(=O)N(c3ccc(C)c(Cl)c3)C2c2ccc(C)o2)cc1OC. The Morgan fingerprint density at radius 1 is 1.00 bits per heavy atom. The fourth-order valence-corrected chi connectivity index (χ4v) is 4.01. The molecule has 2 aromatic carbocycles. The van der Waals surface area contributed by atoms with Crippen LogP contribution in [0.5, 0.6) is 11.5 Å². The van der Waals surface area contributed by atoms with Crippen molar-refractivity contribution in [3.63, 3.8) is 0 Å². The highest BCUT2D eigenvalue weighted by Crippen LogP contribution is 2.44. The summed E-state index contributed by atoms with van der Waals surface area (Å²) in [5.41, 5.74) is 1.44. The number of halogens is 1. The minimum Gasteiger partial charge on any atom is -0.507 e. The van der Waals surface area contributed by atoms with Gasteiger partial charge in [-0.05, 0) is 61.9 Å². The third-order valence-electron chi connectivity index (χ3n) is 5.57.